The van der Waals surface area contributed by atoms with Gasteiger partial charge >= 0.3 is 0 Å². The maximum Gasteiger partial charge on any atom is 0.225 e. The molecule has 1 aliphatic heterocycles. The summed E-state index contributed by atoms with van der Waals surface area (Å²) in [5.74, 6) is 0.772. The van der Waals surface area contributed by atoms with Gasteiger partial charge in [-0.15, -0.1) is 0 Å². The Morgan fingerprint density at radius 2 is 2.38 bits per heavy atom. The fourth-order valence-electron chi connectivity index (χ4n) is 1.93. The zero-order valence-electron chi connectivity index (χ0n) is 9.76. The van der Waals surface area contributed by atoms with Crippen molar-refractivity contribution in [2.75, 3.05) is 24.5 Å². The van der Waals surface area contributed by atoms with Gasteiger partial charge in [0.15, 0.2) is 0 Å². The second kappa shape index (κ2) is 4.76. The van der Waals surface area contributed by atoms with Crippen LogP contribution in [0.1, 0.15) is 12.6 Å². The predicted molar refractivity (Wildman–Crippen MR) is 62.4 cm³/mol. The highest BCUT2D eigenvalue weighted by molar-refractivity contribution is 5.31. The first-order valence-electron chi connectivity index (χ1n) is 5.59. The van der Waals surface area contributed by atoms with Crippen molar-refractivity contribution in [3.05, 3.63) is 18.0 Å². The van der Waals surface area contributed by atoms with Crippen molar-refractivity contribution in [2.24, 2.45) is 5.73 Å². The molecule has 2 N–H and O–H groups in total. The molecule has 1 aromatic rings. The van der Waals surface area contributed by atoms with E-state index in [1.54, 1.807) is 6.20 Å². The van der Waals surface area contributed by atoms with Crippen LogP contribution in [0, 0.1) is 6.92 Å². The van der Waals surface area contributed by atoms with Gasteiger partial charge in [-0.05, 0) is 19.9 Å². The van der Waals surface area contributed by atoms with Gasteiger partial charge in [-0.25, -0.2) is 9.97 Å². The van der Waals surface area contributed by atoms with Gasteiger partial charge in [0.05, 0.1) is 12.2 Å². The first-order chi connectivity index (χ1) is 7.69. The molecule has 16 heavy (non-hydrogen) atoms. The molecular weight excluding hydrogens is 204 g/mol. The molecule has 0 aliphatic carbocycles. The minimum absolute atomic E-state index is 0.0767. The molecular formula is C11H18N4O. The predicted octanol–water partition coefficient (Wildman–Crippen LogP) is 0.337. The van der Waals surface area contributed by atoms with Crippen LogP contribution >= 0.6 is 0 Å². The Morgan fingerprint density at radius 1 is 1.56 bits per heavy atom. The SMILES string of the molecule is Cc1ccnc(N2CC(C)OC(CN)C2)n1. The lowest BCUT2D eigenvalue weighted by molar-refractivity contribution is -0.0109. The molecule has 2 unspecified atom stereocenters. The summed E-state index contributed by atoms with van der Waals surface area (Å²) >= 11 is 0. The summed E-state index contributed by atoms with van der Waals surface area (Å²) in [7, 11) is 0. The fourth-order valence-corrected chi connectivity index (χ4v) is 1.93. The number of anilines is 1. The van der Waals surface area contributed by atoms with Gasteiger partial charge < -0.3 is 15.4 Å². The van der Waals surface area contributed by atoms with Gasteiger partial charge in [-0.1, -0.05) is 0 Å². The third-order valence-electron chi connectivity index (χ3n) is 2.65. The number of aromatic nitrogens is 2. The number of nitrogens with zero attached hydrogens (tertiary/aromatic N) is 3. The van der Waals surface area contributed by atoms with E-state index < -0.39 is 0 Å². The van der Waals surface area contributed by atoms with E-state index in [4.69, 9.17) is 10.5 Å². The van der Waals surface area contributed by atoms with Crippen LogP contribution in [0.5, 0.6) is 0 Å². The Kier molecular flexibility index (Phi) is 3.36. The first kappa shape index (κ1) is 11.3. The number of aryl methyl sites for hydroxylation is 1. The second-order valence-corrected chi connectivity index (χ2v) is 4.21. The smallest absolute Gasteiger partial charge is 0.225 e. The summed E-state index contributed by atoms with van der Waals surface area (Å²) in [6.45, 7) is 6.14. The highest BCUT2D eigenvalue weighted by atomic mass is 16.5. The van der Waals surface area contributed by atoms with E-state index in [0.717, 1.165) is 24.7 Å². The summed E-state index contributed by atoms with van der Waals surface area (Å²) in [4.78, 5) is 10.8. The molecule has 0 radical (unpaired) electrons. The monoisotopic (exact) mass is 222 g/mol. The van der Waals surface area contributed by atoms with E-state index in [0.29, 0.717) is 6.54 Å². The van der Waals surface area contributed by atoms with Crippen LogP contribution in [0.15, 0.2) is 12.3 Å². The van der Waals surface area contributed by atoms with Crippen LogP contribution in [-0.2, 0) is 4.74 Å². The van der Waals surface area contributed by atoms with Crippen LogP contribution in [-0.4, -0.2) is 41.8 Å². The molecule has 1 aromatic heterocycles. The minimum atomic E-state index is 0.0767. The van der Waals surface area contributed by atoms with Crippen molar-refractivity contribution in [3.8, 4) is 0 Å². The van der Waals surface area contributed by atoms with E-state index in [1.807, 2.05) is 19.9 Å². The number of rotatable bonds is 2. The molecule has 0 bridgehead atoms. The topological polar surface area (TPSA) is 64.3 Å². The Morgan fingerprint density at radius 3 is 3.06 bits per heavy atom. The Balaban J connectivity index is 2.14. The standard InChI is InChI=1S/C11H18N4O/c1-8-3-4-13-11(14-8)15-6-9(2)16-10(5-12)7-15/h3-4,9-10H,5-7,12H2,1-2H3. The zero-order chi connectivity index (χ0) is 11.5. The molecule has 0 amide bonds. The summed E-state index contributed by atoms with van der Waals surface area (Å²) in [5, 5.41) is 0. The second-order valence-electron chi connectivity index (χ2n) is 4.21. The molecule has 0 aromatic carbocycles. The van der Waals surface area contributed by atoms with Crippen molar-refractivity contribution in [3.63, 3.8) is 0 Å². The van der Waals surface area contributed by atoms with Crippen molar-refractivity contribution >= 4 is 5.95 Å². The van der Waals surface area contributed by atoms with Crippen molar-refractivity contribution in [1.82, 2.24) is 9.97 Å². The first-order valence-corrected chi connectivity index (χ1v) is 5.59. The summed E-state index contributed by atoms with van der Waals surface area (Å²) in [5.41, 5.74) is 6.62. The van der Waals surface area contributed by atoms with E-state index in [2.05, 4.69) is 14.9 Å². The van der Waals surface area contributed by atoms with Crippen molar-refractivity contribution in [1.29, 1.82) is 0 Å². The maximum atomic E-state index is 5.70. The molecule has 88 valence electrons. The molecule has 5 heteroatoms. The minimum Gasteiger partial charge on any atom is -0.370 e. The quantitative estimate of drug-likeness (QED) is 0.781. The van der Waals surface area contributed by atoms with Crippen LogP contribution in [0.4, 0.5) is 5.95 Å². The number of morpholine rings is 1. The lowest BCUT2D eigenvalue weighted by Gasteiger charge is -2.36. The lowest BCUT2D eigenvalue weighted by atomic mass is 10.2. The van der Waals surface area contributed by atoms with Crippen LogP contribution in [0.2, 0.25) is 0 Å². The summed E-state index contributed by atoms with van der Waals surface area (Å²) in [6, 6.07) is 1.90. The lowest BCUT2D eigenvalue weighted by Crippen LogP contribution is -2.49. The van der Waals surface area contributed by atoms with Gasteiger partial charge in [0.25, 0.3) is 0 Å². The number of hydrogen-bond donors (Lipinski definition) is 1. The average Bonchev–Trinajstić information content (AvgIpc) is 2.28. The van der Waals surface area contributed by atoms with E-state index in [9.17, 15) is 0 Å². The van der Waals surface area contributed by atoms with Gasteiger partial charge in [0.1, 0.15) is 0 Å². The maximum absolute atomic E-state index is 5.70. The number of hydrogen-bond acceptors (Lipinski definition) is 5. The van der Waals surface area contributed by atoms with Crippen LogP contribution in [0.3, 0.4) is 0 Å². The Labute approximate surface area is 95.6 Å². The molecule has 2 rings (SSSR count). The normalized spacial score (nSPS) is 25.8. The molecule has 0 spiro atoms. The third-order valence-corrected chi connectivity index (χ3v) is 2.65. The highest BCUT2D eigenvalue weighted by Crippen LogP contribution is 2.15. The van der Waals surface area contributed by atoms with Gasteiger partial charge in [0.2, 0.25) is 5.95 Å². The Bertz CT molecular complexity index is 358. The number of ether oxygens (including phenoxy) is 1. The van der Waals surface area contributed by atoms with Crippen LogP contribution in [0.25, 0.3) is 0 Å². The zero-order valence-corrected chi connectivity index (χ0v) is 9.76. The largest absolute Gasteiger partial charge is 0.370 e. The van der Waals surface area contributed by atoms with Crippen molar-refractivity contribution < 1.29 is 4.74 Å². The molecule has 0 saturated carbocycles. The molecule has 5 nitrogen and oxygen atoms in total. The molecule has 2 atom stereocenters. The molecule has 1 saturated heterocycles. The molecule has 1 aliphatic rings. The summed E-state index contributed by atoms with van der Waals surface area (Å²) < 4.78 is 5.70. The fraction of sp³-hybridized carbons (Fsp3) is 0.636. The van der Waals surface area contributed by atoms with Crippen molar-refractivity contribution in [2.45, 2.75) is 26.1 Å². The van der Waals surface area contributed by atoms with Crippen LogP contribution < -0.4 is 10.6 Å². The van der Waals surface area contributed by atoms with Gasteiger partial charge in [-0.3, -0.25) is 0 Å². The van der Waals surface area contributed by atoms with E-state index >= 15 is 0 Å². The van der Waals surface area contributed by atoms with E-state index in [-0.39, 0.29) is 12.2 Å². The average molecular weight is 222 g/mol. The summed E-state index contributed by atoms with van der Waals surface area (Å²) in [6.07, 6.45) is 2.04. The molecule has 2 heterocycles. The third kappa shape index (κ3) is 2.48. The van der Waals surface area contributed by atoms with Gasteiger partial charge in [-0.2, -0.15) is 0 Å². The molecule has 1 fully saturated rings. The van der Waals surface area contributed by atoms with Gasteiger partial charge in [0, 0.05) is 31.5 Å². The van der Waals surface area contributed by atoms with E-state index in [1.165, 1.54) is 0 Å². The number of nitrogens with two attached hydrogens (primary N) is 1. The Hall–Kier alpha value is -1.20. The highest BCUT2D eigenvalue weighted by Gasteiger charge is 2.25.